The number of ether oxygens (including phenoxy) is 2. The number of alkyl halides is 1. The summed E-state index contributed by atoms with van der Waals surface area (Å²) in [5.41, 5.74) is 1.24. The smallest absolute Gasteiger partial charge is 0.162 e. The van der Waals surface area contributed by atoms with Crippen molar-refractivity contribution in [3.05, 3.63) is 22.2 Å². The normalized spacial score (nSPS) is 15.8. The number of benzene rings is 1. The molecule has 0 aliphatic carbocycles. The molecule has 1 aromatic rings. The molecule has 0 radical (unpaired) electrons. The Labute approximate surface area is 125 Å². The zero-order valence-corrected chi connectivity index (χ0v) is 13.9. The van der Waals surface area contributed by atoms with Gasteiger partial charge in [-0.15, -0.1) is 0 Å². The minimum Gasteiger partial charge on any atom is -0.486 e. The van der Waals surface area contributed by atoms with Gasteiger partial charge in [-0.1, -0.05) is 58.5 Å². The standard InChI is InChI=1S/C14H18Br2O2/c1-3-9(4-2)14(16)10-7-12-13(8-11(10)15)18-6-5-17-12/h7-9,14H,3-6H2,1-2H3. The Bertz CT molecular complexity index is 417. The van der Waals surface area contributed by atoms with Crippen molar-refractivity contribution >= 4 is 31.9 Å². The first kappa shape index (κ1) is 14.2. The average Bonchev–Trinajstić information content (AvgIpc) is 2.39. The van der Waals surface area contributed by atoms with Crippen molar-refractivity contribution in [3.63, 3.8) is 0 Å². The van der Waals surface area contributed by atoms with E-state index in [0.29, 0.717) is 24.0 Å². The van der Waals surface area contributed by atoms with Gasteiger partial charge in [0.15, 0.2) is 11.5 Å². The Kier molecular flexibility index (Phi) is 4.96. The molecule has 1 heterocycles. The lowest BCUT2D eigenvalue weighted by Crippen LogP contribution is -2.16. The van der Waals surface area contributed by atoms with Crippen molar-refractivity contribution in [1.82, 2.24) is 0 Å². The van der Waals surface area contributed by atoms with Crippen LogP contribution in [0, 0.1) is 5.92 Å². The topological polar surface area (TPSA) is 18.5 Å². The van der Waals surface area contributed by atoms with Crippen LogP contribution in [-0.2, 0) is 0 Å². The van der Waals surface area contributed by atoms with Crippen LogP contribution >= 0.6 is 31.9 Å². The molecule has 100 valence electrons. The first-order chi connectivity index (χ1) is 8.67. The minimum absolute atomic E-state index is 0.345. The third kappa shape index (κ3) is 2.85. The molecule has 0 amide bonds. The molecule has 0 aromatic heterocycles. The molecule has 0 fully saturated rings. The molecule has 4 heteroatoms. The average molecular weight is 378 g/mol. The zero-order chi connectivity index (χ0) is 13.1. The molecule has 0 N–H and O–H groups in total. The second-order valence-electron chi connectivity index (χ2n) is 4.50. The van der Waals surface area contributed by atoms with E-state index < -0.39 is 0 Å². The highest BCUT2D eigenvalue weighted by molar-refractivity contribution is 9.11. The van der Waals surface area contributed by atoms with Crippen LogP contribution in [0.25, 0.3) is 0 Å². The number of rotatable bonds is 4. The third-order valence-electron chi connectivity index (χ3n) is 3.42. The maximum absolute atomic E-state index is 5.65. The van der Waals surface area contributed by atoms with E-state index in [-0.39, 0.29) is 0 Å². The van der Waals surface area contributed by atoms with E-state index in [1.807, 2.05) is 6.07 Å². The van der Waals surface area contributed by atoms with E-state index in [0.717, 1.165) is 28.8 Å². The lowest BCUT2D eigenvalue weighted by Gasteiger charge is -2.24. The van der Waals surface area contributed by atoms with Gasteiger partial charge in [-0.25, -0.2) is 0 Å². The van der Waals surface area contributed by atoms with Crippen LogP contribution in [0.1, 0.15) is 37.1 Å². The van der Waals surface area contributed by atoms with Gasteiger partial charge in [-0.3, -0.25) is 0 Å². The van der Waals surface area contributed by atoms with E-state index in [1.165, 1.54) is 5.56 Å². The summed E-state index contributed by atoms with van der Waals surface area (Å²) in [5.74, 6) is 2.32. The summed E-state index contributed by atoms with van der Waals surface area (Å²) >= 11 is 7.46. The second-order valence-corrected chi connectivity index (χ2v) is 6.34. The van der Waals surface area contributed by atoms with Gasteiger partial charge in [-0.05, 0) is 23.6 Å². The Balaban J connectivity index is 2.32. The number of hydrogen-bond donors (Lipinski definition) is 0. The Hall–Kier alpha value is -0.220. The summed E-state index contributed by atoms with van der Waals surface area (Å²) in [6, 6.07) is 4.11. The molecule has 1 unspecified atom stereocenters. The molecule has 18 heavy (non-hydrogen) atoms. The number of hydrogen-bond acceptors (Lipinski definition) is 2. The second kappa shape index (κ2) is 6.29. The SMILES string of the molecule is CCC(CC)C(Br)c1cc2c(cc1Br)OCCO2. The molecule has 0 saturated carbocycles. The van der Waals surface area contributed by atoms with Crippen molar-refractivity contribution in [2.24, 2.45) is 5.92 Å². The summed E-state index contributed by atoms with van der Waals surface area (Å²) in [6.07, 6.45) is 2.32. The number of fused-ring (bicyclic) bond motifs is 1. The summed E-state index contributed by atoms with van der Waals surface area (Å²) < 4.78 is 12.3. The van der Waals surface area contributed by atoms with Crippen molar-refractivity contribution in [3.8, 4) is 11.5 Å². The molecule has 2 nitrogen and oxygen atoms in total. The molecular weight excluding hydrogens is 360 g/mol. The first-order valence-corrected chi connectivity index (χ1v) is 8.11. The molecule has 1 aliphatic heterocycles. The highest BCUT2D eigenvalue weighted by Gasteiger charge is 2.23. The first-order valence-electron chi connectivity index (χ1n) is 6.40. The van der Waals surface area contributed by atoms with Crippen LogP contribution in [-0.4, -0.2) is 13.2 Å². The summed E-state index contributed by atoms with van der Waals surface area (Å²) in [7, 11) is 0. The van der Waals surface area contributed by atoms with Crippen molar-refractivity contribution in [2.45, 2.75) is 31.5 Å². The highest BCUT2D eigenvalue weighted by atomic mass is 79.9. The van der Waals surface area contributed by atoms with E-state index in [9.17, 15) is 0 Å². The fourth-order valence-corrected chi connectivity index (χ4v) is 4.25. The van der Waals surface area contributed by atoms with Crippen molar-refractivity contribution in [1.29, 1.82) is 0 Å². The molecule has 0 saturated heterocycles. The monoisotopic (exact) mass is 376 g/mol. The van der Waals surface area contributed by atoms with Crippen molar-refractivity contribution < 1.29 is 9.47 Å². The van der Waals surface area contributed by atoms with E-state index in [1.54, 1.807) is 0 Å². The van der Waals surface area contributed by atoms with Crippen LogP contribution in [0.5, 0.6) is 11.5 Å². The Morgan fingerprint density at radius 1 is 1.11 bits per heavy atom. The van der Waals surface area contributed by atoms with Gasteiger partial charge in [0, 0.05) is 9.30 Å². The quantitative estimate of drug-likeness (QED) is 0.680. The lowest BCUT2D eigenvalue weighted by molar-refractivity contribution is 0.171. The molecule has 1 aliphatic rings. The molecule has 0 spiro atoms. The van der Waals surface area contributed by atoms with Crippen LogP contribution in [0.3, 0.4) is 0 Å². The van der Waals surface area contributed by atoms with Crippen molar-refractivity contribution in [2.75, 3.05) is 13.2 Å². The summed E-state index contributed by atoms with van der Waals surface area (Å²) in [6.45, 7) is 5.72. The predicted molar refractivity (Wildman–Crippen MR) is 80.9 cm³/mol. The van der Waals surface area contributed by atoms with Gasteiger partial charge in [0.2, 0.25) is 0 Å². The fraction of sp³-hybridized carbons (Fsp3) is 0.571. The van der Waals surface area contributed by atoms with Crippen LogP contribution in [0.4, 0.5) is 0 Å². The predicted octanol–water partition coefficient (Wildman–Crippen LogP) is 5.09. The Morgan fingerprint density at radius 2 is 1.67 bits per heavy atom. The van der Waals surface area contributed by atoms with E-state index >= 15 is 0 Å². The van der Waals surface area contributed by atoms with Gasteiger partial charge in [0.05, 0.1) is 0 Å². The zero-order valence-electron chi connectivity index (χ0n) is 10.7. The molecule has 0 bridgehead atoms. The summed E-state index contributed by atoms with van der Waals surface area (Å²) in [5, 5.41) is 0. The van der Waals surface area contributed by atoms with Gasteiger partial charge in [0.25, 0.3) is 0 Å². The highest BCUT2D eigenvalue weighted by Crippen LogP contribution is 2.44. The van der Waals surface area contributed by atoms with Crippen LogP contribution in [0.2, 0.25) is 0 Å². The van der Waals surface area contributed by atoms with Crippen LogP contribution in [0.15, 0.2) is 16.6 Å². The molecule has 1 aromatic carbocycles. The summed E-state index contributed by atoms with van der Waals surface area (Å²) in [4.78, 5) is 0.345. The minimum atomic E-state index is 0.345. The van der Waals surface area contributed by atoms with E-state index in [4.69, 9.17) is 9.47 Å². The molecule has 1 atom stereocenters. The van der Waals surface area contributed by atoms with Gasteiger partial charge in [0.1, 0.15) is 13.2 Å². The van der Waals surface area contributed by atoms with Gasteiger partial charge in [-0.2, -0.15) is 0 Å². The third-order valence-corrected chi connectivity index (χ3v) is 5.35. The molecule has 2 rings (SSSR count). The number of halogens is 2. The maximum atomic E-state index is 5.65. The van der Waals surface area contributed by atoms with E-state index in [2.05, 4.69) is 51.8 Å². The Morgan fingerprint density at radius 3 is 2.22 bits per heavy atom. The van der Waals surface area contributed by atoms with Crippen LogP contribution < -0.4 is 9.47 Å². The van der Waals surface area contributed by atoms with Gasteiger partial charge < -0.3 is 9.47 Å². The van der Waals surface area contributed by atoms with Gasteiger partial charge >= 0.3 is 0 Å². The fourth-order valence-electron chi connectivity index (χ4n) is 2.25. The molecular formula is C14H18Br2O2. The largest absolute Gasteiger partial charge is 0.486 e. The maximum Gasteiger partial charge on any atom is 0.162 e. The lowest BCUT2D eigenvalue weighted by atomic mass is 9.94.